The summed E-state index contributed by atoms with van der Waals surface area (Å²) in [5.41, 5.74) is 0.638. The Morgan fingerprint density at radius 2 is 2.00 bits per heavy atom. The normalized spacial score (nSPS) is 11.6. The molecule has 2 aromatic carbocycles. The SMILES string of the molecule is CCOc1ccccc1NC(=O)[C@@H](C)Oc1cccc(Br)c1. The summed E-state index contributed by atoms with van der Waals surface area (Å²) in [5.74, 6) is 1.05. The molecule has 4 nitrogen and oxygen atoms in total. The summed E-state index contributed by atoms with van der Waals surface area (Å²) < 4.78 is 12.0. The smallest absolute Gasteiger partial charge is 0.265 e. The first kappa shape index (κ1) is 16.4. The number of benzene rings is 2. The van der Waals surface area contributed by atoms with Crippen molar-refractivity contribution < 1.29 is 14.3 Å². The fourth-order valence-electron chi connectivity index (χ4n) is 1.88. The summed E-state index contributed by atoms with van der Waals surface area (Å²) in [4.78, 5) is 12.3. The van der Waals surface area contributed by atoms with Gasteiger partial charge in [0.05, 0.1) is 12.3 Å². The van der Waals surface area contributed by atoms with E-state index in [4.69, 9.17) is 9.47 Å². The van der Waals surface area contributed by atoms with E-state index in [-0.39, 0.29) is 5.91 Å². The van der Waals surface area contributed by atoms with Crippen molar-refractivity contribution in [3.63, 3.8) is 0 Å². The lowest BCUT2D eigenvalue weighted by Gasteiger charge is -2.16. The average Bonchev–Trinajstić information content (AvgIpc) is 2.49. The van der Waals surface area contributed by atoms with Crippen molar-refractivity contribution in [3.05, 3.63) is 53.0 Å². The Balaban J connectivity index is 2.02. The Hall–Kier alpha value is -2.01. The van der Waals surface area contributed by atoms with E-state index in [1.807, 2.05) is 49.4 Å². The number of ether oxygens (including phenoxy) is 2. The molecule has 5 heteroatoms. The van der Waals surface area contributed by atoms with E-state index in [0.29, 0.717) is 23.8 Å². The fourth-order valence-corrected chi connectivity index (χ4v) is 2.26. The molecule has 0 unspecified atom stereocenters. The molecular formula is C17H18BrNO3. The second-order valence-corrected chi connectivity index (χ2v) is 5.55. The van der Waals surface area contributed by atoms with Crippen LogP contribution in [-0.2, 0) is 4.79 Å². The van der Waals surface area contributed by atoms with Gasteiger partial charge < -0.3 is 14.8 Å². The Labute approximate surface area is 138 Å². The van der Waals surface area contributed by atoms with Gasteiger partial charge in [-0.2, -0.15) is 0 Å². The molecule has 0 radical (unpaired) electrons. The van der Waals surface area contributed by atoms with E-state index in [9.17, 15) is 4.79 Å². The zero-order chi connectivity index (χ0) is 15.9. The number of anilines is 1. The molecule has 1 atom stereocenters. The topological polar surface area (TPSA) is 47.6 Å². The highest BCUT2D eigenvalue weighted by Gasteiger charge is 2.16. The van der Waals surface area contributed by atoms with Gasteiger partial charge >= 0.3 is 0 Å². The molecule has 0 aliphatic rings. The van der Waals surface area contributed by atoms with Crippen molar-refractivity contribution in [2.45, 2.75) is 20.0 Å². The fraction of sp³-hybridized carbons (Fsp3) is 0.235. The lowest BCUT2D eigenvalue weighted by atomic mass is 10.2. The first-order valence-corrected chi connectivity index (χ1v) is 7.84. The minimum absolute atomic E-state index is 0.230. The van der Waals surface area contributed by atoms with Gasteiger partial charge in [0.2, 0.25) is 0 Å². The van der Waals surface area contributed by atoms with Crippen LogP contribution >= 0.6 is 15.9 Å². The highest BCUT2D eigenvalue weighted by molar-refractivity contribution is 9.10. The average molecular weight is 364 g/mol. The van der Waals surface area contributed by atoms with E-state index in [1.165, 1.54) is 0 Å². The number of para-hydroxylation sites is 2. The number of amides is 1. The minimum Gasteiger partial charge on any atom is -0.492 e. The maximum Gasteiger partial charge on any atom is 0.265 e. The molecule has 0 heterocycles. The number of hydrogen-bond donors (Lipinski definition) is 1. The van der Waals surface area contributed by atoms with Gasteiger partial charge in [0, 0.05) is 4.47 Å². The summed E-state index contributed by atoms with van der Waals surface area (Å²) in [6, 6.07) is 14.7. The standard InChI is InChI=1S/C17H18BrNO3/c1-3-21-16-10-5-4-9-15(16)19-17(20)12(2)22-14-8-6-7-13(18)11-14/h4-12H,3H2,1-2H3,(H,19,20)/t12-/m1/s1. The predicted molar refractivity (Wildman–Crippen MR) is 90.5 cm³/mol. The van der Waals surface area contributed by atoms with Gasteiger partial charge in [0.1, 0.15) is 11.5 Å². The molecule has 0 aliphatic heterocycles. The molecule has 0 bridgehead atoms. The van der Waals surface area contributed by atoms with E-state index >= 15 is 0 Å². The van der Waals surface area contributed by atoms with Gasteiger partial charge in [-0.1, -0.05) is 34.1 Å². The Morgan fingerprint density at radius 3 is 2.73 bits per heavy atom. The molecule has 0 spiro atoms. The van der Waals surface area contributed by atoms with Crippen LogP contribution in [0.1, 0.15) is 13.8 Å². The van der Waals surface area contributed by atoms with Crippen LogP contribution in [0.5, 0.6) is 11.5 Å². The molecule has 22 heavy (non-hydrogen) atoms. The maximum absolute atomic E-state index is 12.3. The Morgan fingerprint density at radius 1 is 1.23 bits per heavy atom. The lowest BCUT2D eigenvalue weighted by molar-refractivity contribution is -0.122. The van der Waals surface area contributed by atoms with Crippen molar-refractivity contribution in [1.82, 2.24) is 0 Å². The number of rotatable bonds is 6. The molecule has 0 fully saturated rings. The maximum atomic E-state index is 12.3. The van der Waals surface area contributed by atoms with Crippen molar-refractivity contribution in [2.75, 3.05) is 11.9 Å². The Bertz CT molecular complexity index is 645. The molecule has 1 amide bonds. The lowest BCUT2D eigenvalue weighted by Crippen LogP contribution is -2.30. The third kappa shape index (κ3) is 4.49. The highest BCUT2D eigenvalue weighted by Crippen LogP contribution is 2.24. The second-order valence-electron chi connectivity index (χ2n) is 4.64. The van der Waals surface area contributed by atoms with Crippen molar-refractivity contribution >= 4 is 27.5 Å². The molecule has 2 rings (SSSR count). The van der Waals surface area contributed by atoms with E-state index in [2.05, 4.69) is 21.2 Å². The summed E-state index contributed by atoms with van der Waals surface area (Å²) in [7, 11) is 0. The number of hydrogen-bond acceptors (Lipinski definition) is 3. The van der Waals surface area contributed by atoms with Crippen LogP contribution in [0.2, 0.25) is 0 Å². The van der Waals surface area contributed by atoms with Gasteiger partial charge in [0.25, 0.3) is 5.91 Å². The van der Waals surface area contributed by atoms with Crippen LogP contribution in [0, 0.1) is 0 Å². The van der Waals surface area contributed by atoms with E-state index in [0.717, 1.165) is 4.47 Å². The van der Waals surface area contributed by atoms with Crippen LogP contribution in [0.3, 0.4) is 0 Å². The summed E-state index contributed by atoms with van der Waals surface area (Å²) >= 11 is 3.37. The van der Waals surface area contributed by atoms with Gasteiger partial charge in [-0.25, -0.2) is 0 Å². The summed E-state index contributed by atoms with van der Waals surface area (Å²) in [6.45, 7) is 4.15. The second kappa shape index (κ2) is 7.84. The number of nitrogens with one attached hydrogen (secondary N) is 1. The quantitative estimate of drug-likeness (QED) is 0.834. The third-order valence-corrected chi connectivity index (χ3v) is 3.42. The van der Waals surface area contributed by atoms with E-state index in [1.54, 1.807) is 13.0 Å². The molecule has 0 saturated heterocycles. The molecular weight excluding hydrogens is 346 g/mol. The molecule has 1 N–H and O–H groups in total. The van der Waals surface area contributed by atoms with Crippen LogP contribution in [0.15, 0.2) is 53.0 Å². The summed E-state index contributed by atoms with van der Waals surface area (Å²) in [5, 5.41) is 2.83. The summed E-state index contributed by atoms with van der Waals surface area (Å²) in [6.07, 6.45) is -0.621. The molecule has 0 aliphatic carbocycles. The molecule has 116 valence electrons. The zero-order valence-corrected chi connectivity index (χ0v) is 14.1. The largest absolute Gasteiger partial charge is 0.492 e. The number of carbonyl (C=O) groups is 1. The third-order valence-electron chi connectivity index (χ3n) is 2.92. The monoisotopic (exact) mass is 363 g/mol. The van der Waals surface area contributed by atoms with Crippen LogP contribution in [0.25, 0.3) is 0 Å². The number of carbonyl (C=O) groups excluding carboxylic acids is 1. The van der Waals surface area contributed by atoms with Crippen LogP contribution in [0.4, 0.5) is 5.69 Å². The minimum atomic E-state index is -0.621. The van der Waals surface area contributed by atoms with Gasteiger partial charge in [-0.15, -0.1) is 0 Å². The van der Waals surface area contributed by atoms with Gasteiger partial charge in [-0.05, 0) is 44.2 Å². The van der Waals surface area contributed by atoms with Gasteiger partial charge in [-0.3, -0.25) is 4.79 Å². The van der Waals surface area contributed by atoms with E-state index < -0.39 is 6.10 Å². The molecule has 0 aromatic heterocycles. The van der Waals surface area contributed by atoms with Crippen molar-refractivity contribution in [1.29, 1.82) is 0 Å². The Kier molecular flexibility index (Phi) is 5.83. The van der Waals surface area contributed by atoms with Crippen LogP contribution in [-0.4, -0.2) is 18.6 Å². The predicted octanol–water partition coefficient (Wildman–Crippen LogP) is 4.25. The highest BCUT2D eigenvalue weighted by atomic mass is 79.9. The molecule has 0 saturated carbocycles. The first-order chi connectivity index (χ1) is 10.6. The van der Waals surface area contributed by atoms with Crippen LogP contribution < -0.4 is 14.8 Å². The van der Waals surface area contributed by atoms with Crippen molar-refractivity contribution in [3.8, 4) is 11.5 Å². The van der Waals surface area contributed by atoms with Crippen molar-refractivity contribution in [2.24, 2.45) is 0 Å². The zero-order valence-electron chi connectivity index (χ0n) is 12.5. The first-order valence-electron chi connectivity index (χ1n) is 7.05. The van der Waals surface area contributed by atoms with Gasteiger partial charge in [0.15, 0.2) is 6.10 Å². The number of halogens is 1. The molecule has 2 aromatic rings.